The topological polar surface area (TPSA) is 77.2 Å². The third-order valence-electron chi connectivity index (χ3n) is 2.86. The summed E-state index contributed by atoms with van der Waals surface area (Å²) in [6, 6.07) is 7.38. The van der Waals surface area contributed by atoms with E-state index in [9.17, 15) is 4.79 Å². The van der Waals surface area contributed by atoms with Crippen LogP contribution in [0.1, 0.15) is 37.4 Å². The van der Waals surface area contributed by atoms with E-state index in [4.69, 9.17) is 10.5 Å². The minimum Gasteiger partial charge on any atom is -0.444 e. The molecule has 118 valence electrons. The van der Waals surface area contributed by atoms with Crippen LogP contribution in [-0.4, -0.2) is 16.7 Å². The van der Waals surface area contributed by atoms with Crippen LogP contribution >= 0.6 is 11.3 Å². The lowest BCUT2D eigenvalue weighted by molar-refractivity contribution is 0.0503. The van der Waals surface area contributed by atoms with Gasteiger partial charge in [0.05, 0.1) is 6.04 Å². The summed E-state index contributed by atoms with van der Waals surface area (Å²) in [6.45, 7) is 5.51. The number of benzene rings is 1. The fourth-order valence-electron chi connectivity index (χ4n) is 1.95. The highest BCUT2D eigenvalue weighted by atomic mass is 32.1. The van der Waals surface area contributed by atoms with Crippen LogP contribution in [0.2, 0.25) is 0 Å². The van der Waals surface area contributed by atoms with Gasteiger partial charge in [0.15, 0.2) is 0 Å². The molecule has 0 fully saturated rings. The van der Waals surface area contributed by atoms with Crippen LogP contribution in [0.4, 0.5) is 10.5 Å². The summed E-state index contributed by atoms with van der Waals surface area (Å²) in [5.41, 5.74) is 6.96. The molecule has 2 rings (SSSR count). The van der Waals surface area contributed by atoms with Crippen molar-refractivity contribution in [1.82, 2.24) is 10.3 Å². The van der Waals surface area contributed by atoms with Crippen molar-refractivity contribution in [2.75, 3.05) is 5.73 Å². The Hall–Kier alpha value is -2.08. The Bertz CT molecular complexity index is 603. The maximum atomic E-state index is 12.0. The Labute approximate surface area is 134 Å². The molecule has 0 saturated heterocycles. The number of nitrogens with zero attached hydrogens (tertiary/aromatic N) is 1. The molecule has 0 unspecified atom stereocenters. The van der Waals surface area contributed by atoms with E-state index in [2.05, 4.69) is 10.3 Å². The highest BCUT2D eigenvalue weighted by Crippen LogP contribution is 2.22. The van der Waals surface area contributed by atoms with Gasteiger partial charge in [-0.3, -0.25) is 0 Å². The smallest absolute Gasteiger partial charge is 0.408 e. The first kappa shape index (κ1) is 16.3. The summed E-state index contributed by atoms with van der Waals surface area (Å²) >= 11 is 1.51. The first-order valence-corrected chi connectivity index (χ1v) is 7.95. The molecular weight excluding hydrogens is 298 g/mol. The molecule has 0 bridgehead atoms. The lowest BCUT2D eigenvalue weighted by atomic mass is 10.1. The van der Waals surface area contributed by atoms with E-state index >= 15 is 0 Å². The fraction of sp³-hybridized carbons (Fsp3) is 0.375. The number of aromatic nitrogens is 1. The first-order chi connectivity index (χ1) is 10.3. The zero-order chi connectivity index (χ0) is 16.2. The van der Waals surface area contributed by atoms with E-state index in [-0.39, 0.29) is 6.04 Å². The lowest BCUT2D eigenvalue weighted by Crippen LogP contribution is -2.35. The van der Waals surface area contributed by atoms with Gasteiger partial charge in [0, 0.05) is 17.3 Å². The van der Waals surface area contributed by atoms with Crippen LogP contribution in [0, 0.1) is 0 Å². The van der Waals surface area contributed by atoms with Crippen LogP contribution < -0.4 is 11.1 Å². The summed E-state index contributed by atoms with van der Waals surface area (Å²) in [6.07, 6.45) is 1.92. The summed E-state index contributed by atoms with van der Waals surface area (Å²) in [7, 11) is 0. The van der Waals surface area contributed by atoms with Gasteiger partial charge in [-0.05, 0) is 44.9 Å². The van der Waals surface area contributed by atoms with Crippen molar-refractivity contribution in [2.24, 2.45) is 0 Å². The molecular formula is C16H21N3O2S. The number of nitrogens with two attached hydrogens (primary N) is 1. The van der Waals surface area contributed by atoms with Gasteiger partial charge in [-0.15, -0.1) is 11.3 Å². The second-order valence-corrected chi connectivity index (χ2v) is 6.94. The zero-order valence-corrected chi connectivity index (χ0v) is 13.8. The second-order valence-electron chi connectivity index (χ2n) is 6.01. The molecule has 6 heteroatoms. The van der Waals surface area contributed by atoms with E-state index in [1.807, 2.05) is 50.4 Å². The van der Waals surface area contributed by atoms with E-state index < -0.39 is 11.7 Å². The maximum absolute atomic E-state index is 12.0. The van der Waals surface area contributed by atoms with Gasteiger partial charge in [0.2, 0.25) is 0 Å². The number of anilines is 1. The number of hydrogen-bond donors (Lipinski definition) is 2. The van der Waals surface area contributed by atoms with Crippen molar-refractivity contribution in [3.63, 3.8) is 0 Å². The number of amides is 1. The molecule has 1 aromatic carbocycles. The molecule has 1 aromatic heterocycles. The van der Waals surface area contributed by atoms with Crippen LogP contribution in [0.25, 0.3) is 0 Å². The van der Waals surface area contributed by atoms with Crippen LogP contribution in [0.15, 0.2) is 35.8 Å². The number of alkyl carbamates (subject to hydrolysis) is 1. The van der Waals surface area contributed by atoms with Gasteiger partial charge in [-0.2, -0.15) is 0 Å². The molecule has 5 nitrogen and oxygen atoms in total. The number of ether oxygens (including phenoxy) is 1. The average Bonchev–Trinajstić information content (AvgIpc) is 2.92. The number of carbonyl (C=O) groups excluding carboxylic acids is 1. The van der Waals surface area contributed by atoms with Gasteiger partial charge in [-0.25, -0.2) is 9.78 Å². The normalized spacial score (nSPS) is 12.7. The van der Waals surface area contributed by atoms with Gasteiger partial charge >= 0.3 is 6.09 Å². The van der Waals surface area contributed by atoms with E-state index in [0.29, 0.717) is 6.42 Å². The molecule has 1 amide bonds. The number of nitrogens with one attached hydrogen (secondary N) is 1. The summed E-state index contributed by atoms with van der Waals surface area (Å²) < 4.78 is 5.33. The standard InChI is InChI=1S/C16H21N3O2S/c1-16(2,3)21-15(20)19-13(14-18-8-9-22-14)10-11-4-6-12(17)7-5-11/h4-9,13H,10,17H2,1-3H3,(H,19,20)/t13-/m0/s1. The molecule has 0 spiro atoms. The number of rotatable bonds is 4. The van der Waals surface area contributed by atoms with Gasteiger partial charge < -0.3 is 15.8 Å². The van der Waals surface area contributed by atoms with Gasteiger partial charge in [0.25, 0.3) is 0 Å². The van der Waals surface area contributed by atoms with Crippen LogP contribution in [0.5, 0.6) is 0 Å². The van der Waals surface area contributed by atoms with E-state index in [1.54, 1.807) is 6.20 Å². The SMILES string of the molecule is CC(C)(C)OC(=O)N[C@@H](Cc1ccc(N)cc1)c1nccs1. The van der Waals surface area contributed by atoms with Crippen LogP contribution in [-0.2, 0) is 11.2 Å². The van der Waals surface area contributed by atoms with Crippen LogP contribution in [0.3, 0.4) is 0 Å². The molecule has 0 aliphatic heterocycles. The third-order valence-corrected chi connectivity index (χ3v) is 3.75. The lowest BCUT2D eigenvalue weighted by Gasteiger charge is -2.23. The molecule has 0 aliphatic carbocycles. The summed E-state index contributed by atoms with van der Waals surface area (Å²) in [5, 5.41) is 5.64. The predicted octanol–water partition coefficient (Wildman–Crippen LogP) is 3.53. The Kier molecular flexibility index (Phi) is 5.03. The Balaban J connectivity index is 2.10. The molecule has 2 aromatic rings. The van der Waals surface area contributed by atoms with Crippen molar-refractivity contribution in [3.8, 4) is 0 Å². The van der Waals surface area contributed by atoms with Gasteiger partial charge in [0.1, 0.15) is 10.6 Å². The van der Waals surface area contributed by atoms with E-state index in [1.165, 1.54) is 11.3 Å². The van der Waals surface area contributed by atoms with Crippen molar-refractivity contribution in [3.05, 3.63) is 46.4 Å². The Morgan fingerprint density at radius 1 is 1.36 bits per heavy atom. The number of thiazole rings is 1. The van der Waals surface area contributed by atoms with Crippen molar-refractivity contribution in [1.29, 1.82) is 0 Å². The molecule has 1 atom stereocenters. The summed E-state index contributed by atoms with van der Waals surface area (Å²) in [5.74, 6) is 0. The molecule has 3 N–H and O–H groups in total. The molecule has 0 aliphatic rings. The number of nitrogen functional groups attached to an aromatic ring is 1. The molecule has 1 heterocycles. The fourth-order valence-corrected chi connectivity index (χ4v) is 2.64. The highest BCUT2D eigenvalue weighted by molar-refractivity contribution is 7.09. The Morgan fingerprint density at radius 3 is 2.59 bits per heavy atom. The molecule has 22 heavy (non-hydrogen) atoms. The van der Waals surface area contributed by atoms with Crippen molar-refractivity contribution < 1.29 is 9.53 Å². The largest absolute Gasteiger partial charge is 0.444 e. The Morgan fingerprint density at radius 2 is 2.05 bits per heavy atom. The maximum Gasteiger partial charge on any atom is 0.408 e. The van der Waals surface area contributed by atoms with Crippen molar-refractivity contribution >= 4 is 23.1 Å². The van der Waals surface area contributed by atoms with Crippen molar-refractivity contribution in [2.45, 2.75) is 38.8 Å². The highest BCUT2D eigenvalue weighted by Gasteiger charge is 2.22. The summed E-state index contributed by atoms with van der Waals surface area (Å²) in [4.78, 5) is 16.3. The molecule has 0 saturated carbocycles. The first-order valence-electron chi connectivity index (χ1n) is 7.07. The third kappa shape index (κ3) is 5.04. The van der Waals surface area contributed by atoms with Gasteiger partial charge in [-0.1, -0.05) is 12.1 Å². The zero-order valence-electron chi connectivity index (χ0n) is 13.0. The second kappa shape index (κ2) is 6.79. The molecule has 0 radical (unpaired) electrons. The average molecular weight is 319 g/mol. The minimum absolute atomic E-state index is 0.224. The minimum atomic E-state index is -0.529. The predicted molar refractivity (Wildman–Crippen MR) is 88.8 cm³/mol. The number of hydrogen-bond acceptors (Lipinski definition) is 5. The quantitative estimate of drug-likeness (QED) is 0.845. The number of carbonyl (C=O) groups is 1. The monoisotopic (exact) mass is 319 g/mol. The van der Waals surface area contributed by atoms with E-state index in [0.717, 1.165) is 16.3 Å².